The summed E-state index contributed by atoms with van der Waals surface area (Å²) >= 11 is 2.52. The van der Waals surface area contributed by atoms with Crippen LogP contribution >= 0.6 is 22.6 Å². The van der Waals surface area contributed by atoms with Crippen molar-refractivity contribution in [2.24, 2.45) is 0 Å². The van der Waals surface area contributed by atoms with Crippen molar-refractivity contribution in [3.05, 3.63) is 69.8 Å². The predicted molar refractivity (Wildman–Crippen MR) is 148 cm³/mol. The fraction of sp³-hybridized carbons (Fsp3) is 0.0385. The minimum atomic E-state index is 1.11. The molecule has 3 aromatic heterocycles. The molecule has 5 heteroatoms. The Hall–Kier alpha value is -2.79. The summed E-state index contributed by atoms with van der Waals surface area (Å²) < 4.78 is 3.81. The van der Waals surface area contributed by atoms with Gasteiger partial charge in [0.1, 0.15) is 7.85 Å². The number of aryl methyl sites for hydroxylation is 1. The van der Waals surface area contributed by atoms with Gasteiger partial charge >= 0.3 is 0 Å². The third-order valence-corrected chi connectivity index (χ3v) is 7.96. The van der Waals surface area contributed by atoms with E-state index in [0.29, 0.717) is 0 Å². The van der Waals surface area contributed by atoms with E-state index < -0.39 is 0 Å². The molecule has 7 rings (SSSR count). The summed E-state index contributed by atoms with van der Waals surface area (Å²) in [5.41, 5.74) is 8.67. The van der Waals surface area contributed by atoms with E-state index in [1.165, 1.54) is 68.9 Å². The fourth-order valence-electron chi connectivity index (χ4n) is 5.57. The molecular weight excluding hydrogens is 489 g/mol. The molecule has 0 unspecified atom stereocenters. The highest BCUT2D eigenvalue weighted by atomic mass is 127. The lowest BCUT2D eigenvalue weighted by molar-refractivity contribution is 1.32. The summed E-state index contributed by atoms with van der Waals surface area (Å²) in [4.78, 5) is 5.19. The van der Waals surface area contributed by atoms with Crippen molar-refractivity contribution in [1.82, 2.24) is 9.38 Å². The Morgan fingerprint density at radius 2 is 1.55 bits per heavy atom. The van der Waals surface area contributed by atoms with Gasteiger partial charge in [0.25, 0.3) is 0 Å². The second-order valence-corrected chi connectivity index (χ2v) is 9.81. The molecule has 144 valence electrons. The summed E-state index contributed by atoms with van der Waals surface area (Å²) in [6.07, 6.45) is 0. The highest BCUT2D eigenvalue weighted by Gasteiger charge is 2.23. The van der Waals surface area contributed by atoms with Crippen molar-refractivity contribution in [2.45, 2.75) is 6.92 Å². The monoisotopic (exact) mass is 506 g/mol. The van der Waals surface area contributed by atoms with Crippen LogP contribution in [0.1, 0.15) is 5.56 Å². The largest absolute Gasteiger partial charge is 0.308 e. The normalized spacial score (nSPS) is 12.5. The second kappa shape index (κ2) is 5.92. The summed E-state index contributed by atoms with van der Waals surface area (Å²) in [5, 5.41) is 9.08. The van der Waals surface area contributed by atoms with Crippen molar-refractivity contribution in [3.63, 3.8) is 0 Å². The Bertz CT molecular complexity index is 1880. The SMILES string of the molecule is Bc1nc2c3cc4ccccc4c(C)c3n3c4ccccc4c4c(I)cc(c1B)c2c43. The highest BCUT2D eigenvalue weighted by Crippen LogP contribution is 2.43. The fourth-order valence-corrected chi connectivity index (χ4v) is 6.43. The van der Waals surface area contributed by atoms with E-state index in [1.807, 2.05) is 0 Å². The Labute approximate surface area is 194 Å². The van der Waals surface area contributed by atoms with Crippen LogP contribution in [0, 0.1) is 10.5 Å². The third-order valence-electron chi connectivity index (χ3n) is 7.11. The topological polar surface area (TPSA) is 17.3 Å². The third kappa shape index (κ3) is 2.08. The summed E-state index contributed by atoms with van der Waals surface area (Å²) in [6.45, 7) is 2.26. The van der Waals surface area contributed by atoms with Crippen LogP contribution in [-0.2, 0) is 0 Å². The van der Waals surface area contributed by atoms with Gasteiger partial charge in [-0.15, -0.1) is 0 Å². The lowest BCUT2D eigenvalue weighted by Crippen LogP contribution is -2.30. The van der Waals surface area contributed by atoms with Gasteiger partial charge < -0.3 is 4.40 Å². The van der Waals surface area contributed by atoms with Crippen LogP contribution in [0.2, 0.25) is 0 Å². The molecule has 0 radical (unpaired) electrons. The van der Waals surface area contributed by atoms with Gasteiger partial charge in [-0.3, -0.25) is 4.98 Å². The van der Waals surface area contributed by atoms with Crippen molar-refractivity contribution in [2.75, 3.05) is 0 Å². The Kier molecular flexibility index (Phi) is 3.41. The van der Waals surface area contributed by atoms with E-state index in [-0.39, 0.29) is 0 Å². The van der Waals surface area contributed by atoms with Gasteiger partial charge in [0, 0.05) is 25.1 Å². The lowest BCUT2D eigenvalue weighted by atomic mass is 9.80. The number of halogens is 1. The van der Waals surface area contributed by atoms with Gasteiger partial charge in [0.2, 0.25) is 0 Å². The van der Waals surface area contributed by atoms with E-state index in [2.05, 4.69) is 110 Å². The quantitative estimate of drug-likeness (QED) is 0.132. The van der Waals surface area contributed by atoms with Gasteiger partial charge in [0.05, 0.1) is 22.1 Å². The smallest absolute Gasteiger partial charge is 0.163 e. The summed E-state index contributed by atoms with van der Waals surface area (Å²) in [7, 11) is 4.34. The molecule has 2 nitrogen and oxygen atoms in total. The highest BCUT2D eigenvalue weighted by molar-refractivity contribution is 14.1. The van der Waals surface area contributed by atoms with E-state index >= 15 is 0 Å². The summed E-state index contributed by atoms with van der Waals surface area (Å²) in [6, 6.07) is 22.2. The average Bonchev–Trinajstić information content (AvgIpc) is 3.12. The molecule has 0 atom stereocenters. The molecule has 0 saturated carbocycles. The van der Waals surface area contributed by atoms with E-state index in [0.717, 1.165) is 11.1 Å². The van der Waals surface area contributed by atoms with Crippen LogP contribution in [0.15, 0.2) is 60.7 Å². The maximum absolute atomic E-state index is 5.19. The van der Waals surface area contributed by atoms with Crippen LogP contribution in [-0.4, -0.2) is 25.1 Å². The zero-order valence-electron chi connectivity index (χ0n) is 17.5. The van der Waals surface area contributed by atoms with Gasteiger partial charge in [-0.2, -0.15) is 0 Å². The second-order valence-electron chi connectivity index (χ2n) is 8.65. The van der Waals surface area contributed by atoms with Crippen LogP contribution < -0.4 is 11.1 Å². The maximum Gasteiger partial charge on any atom is 0.163 e. The first-order valence-electron chi connectivity index (χ1n) is 10.6. The molecule has 0 aliphatic rings. The minimum Gasteiger partial charge on any atom is -0.308 e. The first-order valence-corrected chi connectivity index (χ1v) is 11.7. The maximum atomic E-state index is 5.19. The molecule has 7 aromatic rings. The minimum absolute atomic E-state index is 1.11. The van der Waals surface area contributed by atoms with Crippen LogP contribution in [0.25, 0.3) is 59.8 Å². The Morgan fingerprint density at radius 1 is 0.806 bits per heavy atom. The summed E-state index contributed by atoms with van der Waals surface area (Å²) in [5.74, 6) is 0. The average molecular weight is 506 g/mol. The van der Waals surface area contributed by atoms with Gasteiger partial charge in [-0.1, -0.05) is 47.9 Å². The van der Waals surface area contributed by atoms with E-state index in [4.69, 9.17) is 4.98 Å². The first kappa shape index (κ1) is 17.8. The number of hydrogen-bond acceptors (Lipinski definition) is 1. The predicted octanol–water partition coefficient (Wildman–Crippen LogP) is 3.97. The number of rotatable bonds is 0. The van der Waals surface area contributed by atoms with E-state index in [9.17, 15) is 0 Å². The molecule has 31 heavy (non-hydrogen) atoms. The van der Waals surface area contributed by atoms with Crippen molar-refractivity contribution < 1.29 is 0 Å². The Balaban J connectivity index is 1.99. The number of para-hydroxylation sites is 1. The molecule has 0 amide bonds. The van der Waals surface area contributed by atoms with Crippen LogP contribution in [0.4, 0.5) is 0 Å². The van der Waals surface area contributed by atoms with Gasteiger partial charge in [-0.25, -0.2) is 0 Å². The van der Waals surface area contributed by atoms with Gasteiger partial charge in [0.15, 0.2) is 7.85 Å². The van der Waals surface area contributed by atoms with E-state index in [1.54, 1.807) is 0 Å². The number of pyridine rings is 2. The van der Waals surface area contributed by atoms with Crippen LogP contribution in [0.5, 0.6) is 0 Å². The standard InChI is InChI=1S/C26H17B2IN2/c1-12-14-7-3-2-6-13(14)10-17-23-21-16(22(27)26(28)30-23)11-18(29)20-15-8-4-5-9-19(15)31(24(12)17)25(20)21/h2-11H,27-28H2,1H3. The molecule has 0 aliphatic carbocycles. The molecule has 0 saturated heterocycles. The van der Waals surface area contributed by atoms with Crippen molar-refractivity contribution in [3.8, 4) is 0 Å². The van der Waals surface area contributed by atoms with Crippen molar-refractivity contribution in [1.29, 1.82) is 0 Å². The Morgan fingerprint density at radius 3 is 2.39 bits per heavy atom. The molecular formula is C26H17B2IN2. The molecule has 0 bridgehead atoms. The number of aromatic nitrogens is 2. The molecule has 0 aliphatic heterocycles. The molecule has 4 aromatic carbocycles. The molecule has 0 fully saturated rings. The number of benzene rings is 4. The zero-order chi connectivity index (χ0) is 21.0. The number of nitrogens with zero attached hydrogens (tertiary/aromatic N) is 2. The molecule has 3 heterocycles. The molecule has 0 spiro atoms. The van der Waals surface area contributed by atoms with Crippen LogP contribution in [0.3, 0.4) is 0 Å². The van der Waals surface area contributed by atoms with Gasteiger partial charge in [-0.05, 0) is 75.0 Å². The zero-order valence-corrected chi connectivity index (χ0v) is 19.7. The number of fused-ring (bicyclic) bond motifs is 7. The van der Waals surface area contributed by atoms with Crippen molar-refractivity contribution >= 4 is 109 Å². The number of hydrogen-bond donors (Lipinski definition) is 0. The lowest BCUT2D eigenvalue weighted by Gasteiger charge is -2.18. The first-order chi connectivity index (χ1) is 15.1. The molecule has 0 N–H and O–H groups in total.